The summed E-state index contributed by atoms with van der Waals surface area (Å²) >= 11 is 6.14. The van der Waals surface area contributed by atoms with E-state index in [2.05, 4.69) is 0 Å². The highest BCUT2D eigenvalue weighted by molar-refractivity contribution is 6.34. The average molecular weight is 337 g/mol. The summed E-state index contributed by atoms with van der Waals surface area (Å²) in [6.45, 7) is 1.02. The Balaban J connectivity index is 1.91. The van der Waals surface area contributed by atoms with Gasteiger partial charge in [-0.2, -0.15) is 0 Å². The molecule has 3 rings (SSSR count). The van der Waals surface area contributed by atoms with Crippen molar-refractivity contribution in [2.45, 2.75) is 31.7 Å². The van der Waals surface area contributed by atoms with Crippen molar-refractivity contribution >= 4 is 35.1 Å². The van der Waals surface area contributed by atoms with Gasteiger partial charge in [-0.1, -0.05) is 11.6 Å². The molecule has 122 valence electrons. The number of hydrogen-bond donors (Lipinski definition) is 1. The van der Waals surface area contributed by atoms with E-state index >= 15 is 0 Å². The first kappa shape index (κ1) is 15.8. The van der Waals surface area contributed by atoms with Crippen molar-refractivity contribution in [3.8, 4) is 0 Å². The van der Waals surface area contributed by atoms with Crippen molar-refractivity contribution in [3.63, 3.8) is 0 Å². The predicted octanol–water partition coefficient (Wildman–Crippen LogP) is 2.16. The van der Waals surface area contributed by atoms with E-state index in [4.69, 9.17) is 11.6 Å². The summed E-state index contributed by atoms with van der Waals surface area (Å²) in [6.07, 6.45) is 2.39. The molecule has 7 heteroatoms. The van der Waals surface area contributed by atoms with Crippen LogP contribution in [0.1, 0.15) is 36.0 Å². The minimum Gasteiger partial charge on any atom is -0.480 e. The second-order valence-corrected chi connectivity index (χ2v) is 6.22. The molecule has 0 radical (unpaired) electrons. The van der Waals surface area contributed by atoms with E-state index in [-0.39, 0.29) is 16.5 Å². The second kappa shape index (κ2) is 6.20. The van der Waals surface area contributed by atoms with Crippen LogP contribution in [0.2, 0.25) is 5.02 Å². The third-order valence-electron chi connectivity index (χ3n) is 4.36. The molecule has 2 aliphatic heterocycles. The number of anilines is 1. The number of carboxylic acids is 1. The van der Waals surface area contributed by atoms with E-state index in [1.165, 1.54) is 4.90 Å². The SMILES string of the molecule is O=C(O)[C@H]1CCCN1C(=O)c1cc(N2CCCC2=O)ccc1Cl. The zero-order valence-electron chi connectivity index (χ0n) is 12.5. The van der Waals surface area contributed by atoms with Crippen molar-refractivity contribution in [1.82, 2.24) is 4.90 Å². The molecule has 0 bridgehead atoms. The van der Waals surface area contributed by atoms with Gasteiger partial charge in [0.15, 0.2) is 0 Å². The van der Waals surface area contributed by atoms with Crippen LogP contribution in [0.5, 0.6) is 0 Å². The summed E-state index contributed by atoms with van der Waals surface area (Å²) < 4.78 is 0. The number of nitrogens with zero attached hydrogens (tertiary/aromatic N) is 2. The third-order valence-corrected chi connectivity index (χ3v) is 4.69. The van der Waals surface area contributed by atoms with Crippen LogP contribution < -0.4 is 4.90 Å². The van der Waals surface area contributed by atoms with E-state index in [1.807, 2.05) is 0 Å². The number of amides is 2. The fourth-order valence-corrected chi connectivity index (χ4v) is 3.39. The summed E-state index contributed by atoms with van der Waals surface area (Å²) in [5.41, 5.74) is 0.878. The molecule has 0 saturated carbocycles. The zero-order chi connectivity index (χ0) is 16.6. The first-order chi connectivity index (χ1) is 11.0. The highest BCUT2D eigenvalue weighted by Gasteiger charge is 2.35. The van der Waals surface area contributed by atoms with Gasteiger partial charge in [0, 0.05) is 25.2 Å². The standard InChI is InChI=1S/C16H17ClN2O4/c17-12-6-5-10(18-7-2-4-14(18)20)9-11(12)15(21)19-8-1-3-13(19)16(22)23/h5-6,9,13H,1-4,7-8H2,(H,22,23)/t13-/m1/s1. The summed E-state index contributed by atoms with van der Waals surface area (Å²) in [7, 11) is 0. The van der Waals surface area contributed by atoms with Gasteiger partial charge in [-0.15, -0.1) is 0 Å². The minimum atomic E-state index is -1.00. The number of rotatable bonds is 3. The molecule has 1 N–H and O–H groups in total. The Bertz CT molecular complexity index is 676. The van der Waals surface area contributed by atoms with Crippen LogP contribution in [0, 0.1) is 0 Å². The fourth-order valence-electron chi connectivity index (χ4n) is 3.19. The van der Waals surface area contributed by atoms with Gasteiger partial charge < -0.3 is 14.9 Å². The highest BCUT2D eigenvalue weighted by atomic mass is 35.5. The van der Waals surface area contributed by atoms with E-state index in [0.717, 1.165) is 6.42 Å². The largest absolute Gasteiger partial charge is 0.480 e. The Morgan fingerprint density at radius 3 is 2.65 bits per heavy atom. The van der Waals surface area contributed by atoms with Crippen molar-refractivity contribution in [2.75, 3.05) is 18.0 Å². The molecule has 23 heavy (non-hydrogen) atoms. The molecule has 6 nitrogen and oxygen atoms in total. The molecule has 2 fully saturated rings. The van der Waals surface area contributed by atoms with Gasteiger partial charge in [-0.05, 0) is 37.5 Å². The number of halogens is 1. The van der Waals surface area contributed by atoms with Crippen LogP contribution in [-0.4, -0.2) is 46.9 Å². The van der Waals surface area contributed by atoms with Gasteiger partial charge in [0.25, 0.3) is 5.91 Å². The van der Waals surface area contributed by atoms with Crippen molar-refractivity contribution in [2.24, 2.45) is 0 Å². The normalized spacial score (nSPS) is 21.1. The van der Waals surface area contributed by atoms with Crippen LogP contribution >= 0.6 is 11.6 Å². The molecule has 0 aliphatic carbocycles. The van der Waals surface area contributed by atoms with E-state index in [9.17, 15) is 19.5 Å². The van der Waals surface area contributed by atoms with Gasteiger partial charge in [0.1, 0.15) is 6.04 Å². The summed E-state index contributed by atoms with van der Waals surface area (Å²) in [4.78, 5) is 38.8. The number of carbonyl (C=O) groups excluding carboxylic acids is 2. The van der Waals surface area contributed by atoms with Crippen LogP contribution in [0.15, 0.2) is 18.2 Å². The van der Waals surface area contributed by atoms with Gasteiger partial charge in [-0.3, -0.25) is 9.59 Å². The molecular weight excluding hydrogens is 320 g/mol. The van der Waals surface area contributed by atoms with Gasteiger partial charge in [0.2, 0.25) is 5.91 Å². The number of aliphatic carboxylic acids is 1. The molecule has 1 atom stereocenters. The lowest BCUT2D eigenvalue weighted by Gasteiger charge is -2.23. The van der Waals surface area contributed by atoms with E-state index in [1.54, 1.807) is 23.1 Å². The first-order valence-electron chi connectivity index (χ1n) is 7.62. The predicted molar refractivity (Wildman–Crippen MR) is 84.7 cm³/mol. The van der Waals surface area contributed by atoms with E-state index < -0.39 is 17.9 Å². The summed E-state index contributed by atoms with van der Waals surface area (Å²) in [6, 6.07) is 4.07. The molecule has 0 unspecified atom stereocenters. The highest BCUT2D eigenvalue weighted by Crippen LogP contribution is 2.29. The Hall–Kier alpha value is -2.08. The molecule has 2 amide bonds. The minimum absolute atomic E-state index is 0.0234. The molecule has 2 aliphatic rings. The van der Waals surface area contributed by atoms with Crippen molar-refractivity contribution in [3.05, 3.63) is 28.8 Å². The molecule has 2 heterocycles. The zero-order valence-corrected chi connectivity index (χ0v) is 13.3. The Kier molecular flexibility index (Phi) is 4.26. The molecule has 0 spiro atoms. The fraction of sp³-hybridized carbons (Fsp3) is 0.438. The van der Waals surface area contributed by atoms with Crippen molar-refractivity contribution < 1.29 is 19.5 Å². The Morgan fingerprint density at radius 2 is 2.00 bits per heavy atom. The summed E-state index contributed by atoms with van der Waals surface area (Å²) in [5, 5.41) is 9.50. The lowest BCUT2D eigenvalue weighted by Crippen LogP contribution is -2.40. The molecule has 2 saturated heterocycles. The molecule has 1 aromatic carbocycles. The molecule has 0 aromatic heterocycles. The maximum absolute atomic E-state index is 12.7. The monoisotopic (exact) mass is 336 g/mol. The quantitative estimate of drug-likeness (QED) is 0.917. The maximum Gasteiger partial charge on any atom is 0.326 e. The smallest absolute Gasteiger partial charge is 0.326 e. The van der Waals surface area contributed by atoms with Gasteiger partial charge >= 0.3 is 5.97 Å². The maximum atomic E-state index is 12.7. The molecular formula is C16H17ClN2O4. The van der Waals surface area contributed by atoms with Crippen molar-refractivity contribution in [1.29, 1.82) is 0 Å². The Morgan fingerprint density at radius 1 is 1.22 bits per heavy atom. The number of carboxylic acid groups (broad SMARTS) is 1. The number of likely N-dealkylation sites (tertiary alicyclic amines) is 1. The number of hydrogen-bond acceptors (Lipinski definition) is 3. The Labute approximate surface area is 138 Å². The average Bonchev–Trinajstić information content (AvgIpc) is 3.16. The van der Waals surface area contributed by atoms with Gasteiger partial charge in [-0.25, -0.2) is 4.79 Å². The van der Waals surface area contributed by atoms with Crippen LogP contribution in [0.25, 0.3) is 0 Å². The lowest BCUT2D eigenvalue weighted by molar-refractivity contribution is -0.141. The molecule has 1 aromatic rings. The first-order valence-corrected chi connectivity index (χ1v) is 8.00. The third kappa shape index (κ3) is 2.91. The van der Waals surface area contributed by atoms with Gasteiger partial charge in [0.05, 0.1) is 10.6 Å². The van der Waals surface area contributed by atoms with Crippen LogP contribution in [0.4, 0.5) is 5.69 Å². The van der Waals surface area contributed by atoms with E-state index in [0.29, 0.717) is 38.0 Å². The second-order valence-electron chi connectivity index (χ2n) is 5.81. The number of carbonyl (C=O) groups is 3. The van der Waals surface area contributed by atoms with Crippen LogP contribution in [0.3, 0.4) is 0 Å². The summed E-state index contributed by atoms with van der Waals surface area (Å²) in [5.74, 6) is -1.37. The lowest BCUT2D eigenvalue weighted by atomic mass is 10.1. The number of benzene rings is 1. The topological polar surface area (TPSA) is 77.9 Å². The van der Waals surface area contributed by atoms with Crippen LogP contribution in [-0.2, 0) is 9.59 Å².